The van der Waals surface area contributed by atoms with Gasteiger partial charge in [0.25, 0.3) is 0 Å². The standard InChI is InChI=1S/C18H24N4OS/c1-13(20-18(23)21-14(2)17-19-8-11-24-17)15-6-5-7-16(12-15)22-9-3-4-10-22/h5-8,11-14H,3-4,9-10H2,1-2H3,(H2,20,21,23)/t13-,14-/m0/s1. The van der Waals surface area contributed by atoms with E-state index in [0.29, 0.717) is 0 Å². The molecule has 1 aliphatic heterocycles. The zero-order valence-corrected chi connectivity index (χ0v) is 15.0. The van der Waals surface area contributed by atoms with E-state index in [1.807, 2.05) is 19.2 Å². The molecule has 6 heteroatoms. The molecule has 2 amide bonds. The van der Waals surface area contributed by atoms with E-state index >= 15 is 0 Å². The molecule has 0 bridgehead atoms. The van der Waals surface area contributed by atoms with Crippen molar-refractivity contribution in [3.63, 3.8) is 0 Å². The van der Waals surface area contributed by atoms with Crippen molar-refractivity contribution in [1.82, 2.24) is 15.6 Å². The van der Waals surface area contributed by atoms with Crippen molar-refractivity contribution in [1.29, 1.82) is 0 Å². The van der Waals surface area contributed by atoms with Crippen LogP contribution in [-0.4, -0.2) is 24.1 Å². The average molecular weight is 344 g/mol. The highest BCUT2D eigenvalue weighted by Gasteiger charge is 2.16. The first-order valence-corrected chi connectivity index (χ1v) is 9.33. The molecule has 1 aliphatic rings. The normalized spacial score (nSPS) is 16.7. The van der Waals surface area contributed by atoms with E-state index in [4.69, 9.17) is 0 Å². The lowest BCUT2D eigenvalue weighted by Crippen LogP contribution is -2.38. The van der Waals surface area contributed by atoms with Crippen LogP contribution < -0.4 is 15.5 Å². The van der Waals surface area contributed by atoms with Crippen LogP contribution in [-0.2, 0) is 0 Å². The first-order chi connectivity index (χ1) is 11.6. The molecule has 0 spiro atoms. The highest BCUT2D eigenvalue weighted by Crippen LogP contribution is 2.24. The molecule has 2 atom stereocenters. The van der Waals surface area contributed by atoms with Gasteiger partial charge in [0.05, 0.1) is 12.1 Å². The lowest BCUT2D eigenvalue weighted by atomic mass is 10.1. The number of carbonyl (C=O) groups is 1. The van der Waals surface area contributed by atoms with Crippen molar-refractivity contribution >= 4 is 23.1 Å². The minimum Gasteiger partial charge on any atom is -0.372 e. The molecule has 2 aromatic rings. The highest BCUT2D eigenvalue weighted by molar-refractivity contribution is 7.09. The van der Waals surface area contributed by atoms with Crippen molar-refractivity contribution in [3.8, 4) is 0 Å². The summed E-state index contributed by atoms with van der Waals surface area (Å²) in [6.45, 7) is 6.20. The third kappa shape index (κ3) is 4.06. The summed E-state index contributed by atoms with van der Waals surface area (Å²) < 4.78 is 0. The number of hydrogen-bond donors (Lipinski definition) is 2. The van der Waals surface area contributed by atoms with Crippen LogP contribution in [0.1, 0.15) is 49.3 Å². The summed E-state index contributed by atoms with van der Waals surface area (Å²) in [5.41, 5.74) is 2.37. The van der Waals surface area contributed by atoms with Gasteiger partial charge in [0.2, 0.25) is 0 Å². The van der Waals surface area contributed by atoms with Gasteiger partial charge in [-0.2, -0.15) is 0 Å². The first kappa shape index (κ1) is 16.8. The van der Waals surface area contributed by atoms with Crippen molar-refractivity contribution < 1.29 is 4.79 Å². The van der Waals surface area contributed by atoms with Crippen molar-refractivity contribution in [2.45, 2.75) is 38.8 Å². The number of anilines is 1. The molecular weight excluding hydrogens is 320 g/mol. The Morgan fingerprint density at radius 3 is 2.67 bits per heavy atom. The van der Waals surface area contributed by atoms with Gasteiger partial charge in [0, 0.05) is 30.4 Å². The minimum absolute atomic E-state index is 0.0453. The molecular formula is C18H24N4OS. The smallest absolute Gasteiger partial charge is 0.315 e. The third-order valence-corrected chi connectivity index (χ3v) is 5.32. The largest absolute Gasteiger partial charge is 0.372 e. The lowest BCUT2D eigenvalue weighted by molar-refractivity contribution is 0.235. The van der Waals surface area contributed by atoms with Gasteiger partial charge in [-0.25, -0.2) is 9.78 Å². The predicted molar refractivity (Wildman–Crippen MR) is 98.5 cm³/mol. The third-order valence-electron chi connectivity index (χ3n) is 4.36. The molecule has 128 valence electrons. The second-order valence-corrected chi connectivity index (χ2v) is 7.15. The molecule has 1 fully saturated rings. The molecule has 0 saturated carbocycles. The maximum absolute atomic E-state index is 12.2. The van der Waals surface area contributed by atoms with E-state index in [-0.39, 0.29) is 18.1 Å². The molecule has 0 unspecified atom stereocenters. The van der Waals surface area contributed by atoms with E-state index in [9.17, 15) is 4.79 Å². The zero-order chi connectivity index (χ0) is 16.9. The fraction of sp³-hybridized carbons (Fsp3) is 0.444. The molecule has 1 saturated heterocycles. The van der Waals surface area contributed by atoms with E-state index in [1.54, 1.807) is 17.5 Å². The topological polar surface area (TPSA) is 57.3 Å². The summed E-state index contributed by atoms with van der Waals surface area (Å²) in [5, 5.41) is 8.78. The molecule has 1 aromatic heterocycles. The Labute approximate surface area is 147 Å². The zero-order valence-electron chi connectivity index (χ0n) is 14.2. The van der Waals surface area contributed by atoms with Crippen LogP contribution in [0.5, 0.6) is 0 Å². The highest BCUT2D eigenvalue weighted by atomic mass is 32.1. The Kier molecular flexibility index (Phi) is 5.35. The predicted octanol–water partition coefficient (Wildman–Crippen LogP) is 3.86. The van der Waals surface area contributed by atoms with Crippen LogP contribution in [0, 0.1) is 0 Å². The second kappa shape index (κ2) is 7.66. The number of thiazole rings is 1. The van der Waals surface area contributed by atoms with Crippen LogP contribution in [0.4, 0.5) is 10.5 Å². The van der Waals surface area contributed by atoms with Gasteiger partial charge in [0.1, 0.15) is 5.01 Å². The quantitative estimate of drug-likeness (QED) is 0.866. The Bertz CT molecular complexity index is 667. The summed E-state index contributed by atoms with van der Waals surface area (Å²) >= 11 is 1.55. The molecule has 24 heavy (non-hydrogen) atoms. The molecule has 1 aromatic carbocycles. The molecule has 3 rings (SSSR count). The van der Waals surface area contributed by atoms with E-state index in [2.05, 4.69) is 44.8 Å². The van der Waals surface area contributed by atoms with Gasteiger partial charge in [0.15, 0.2) is 0 Å². The number of carbonyl (C=O) groups excluding carboxylic acids is 1. The van der Waals surface area contributed by atoms with Crippen molar-refractivity contribution in [2.24, 2.45) is 0 Å². The maximum atomic E-state index is 12.2. The van der Waals surface area contributed by atoms with Gasteiger partial charge in [-0.05, 0) is 44.4 Å². The molecule has 0 aliphatic carbocycles. The first-order valence-electron chi connectivity index (χ1n) is 8.45. The van der Waals surface area contributed by atoms with Crippen molar-refractivity contribution in [3.05, 3.63) is 46.4 Å². The Morgan fingerprint density at radius 1 is 1.21 bits per heavy atom. The summed E-state index contributed by atoms with van der Waals surface area (Å²) in [6.07, 6.45) is 4.27. The molecule has 2 heterocycles. The number of amides is 2. The number of rotatable bonds is 5. The molecule has 2 N–H and O–H groups in total. The monoisotopic (exact) mass is 344 g/mol. The minimum atomic E-state index is -0.170. The Morgan fingerprint density at radius 2 is 1.96 bits per heavy atom. The lowest BCUT2D eigenvalue weighted by Gasteiger charge is -2.21. The van der Waals surface area contributed by atoms with Gasteiger partial charge >= 0.3 is 6.03 Å². The number of urea groups is 1. The number of nitrogens with one attached hydrogen (secondary N) is 2. The van der Waals surface area contributed by atoms with E-state index in [1.165, 1.54) is 18.5 Å². The Hall–Kier alpha value is -2.08. The van der Waals surface area contributed by atoms with E-state index < -0.39 is 0 Å². The van der Waals surface area contributed by atoms with Gasteiger partial charge in [-0.1, -0.05) is 12.1 Å². The van der Waals surface area contributed by atoms with Crippen LogP contribution >= 0.6 is 11.3 Å². The number of benzene rings is 1. The second-order valence-electron chi connectivity index (χ2n) is 6.22. The number of aromatic nitrogens is 1. The summed E-state index contributed by atoms with van der Waals surface area (Å²) in [4.78, 5) is 18.9. The van der Waals surface area contributed by atoms with Gasteiger partial charge in [-0.3, -0.25) is 0 Å². The SMILES string of the molecule is C[C@H](NC(=O)N[C@@H](C)c1nccs1)c1cccc(N2CCCC2)c1. The fourth-order valence-electron chi connectivity index (χ4n) is 2.99. The average Bonchev–Trinajstić information content (AvgIpc) is 3.28. The van der Waals surface area contributed by atoms with Crippen LogP contribution in [0.3, 0.4) is 0 Å². The summed E-state index contributed by atoms with van der Waals surface area (Å²) in [5.74, 6) is 0. The van der Waals surface area contributed by atoms with E-state index in [0.717, 1.165) is 23.7 Å². The number of hydrogen-bond acceptors (Lipinski definition) is 4. The van der Waals surface area contributed by atoms with Crippen LogP contribution in [0.25, 0.3) is 0 Å². The Balaban J connectivity index is 1.58. The fourth-order valence-corrected chi connectivity index (χ4v) is 3.64. The summed E-state index contributed by atoms with van der Waals surface area (Å²) in [7, 11) is 0. The summed E-state index contributed by atoms with van der Waals surface area (Å²) in [6, 6.07) is 8.15. The number of nitrogens with zero attached hydrogens (tertiary/aromatic N) is 2. The molecule has 0 radical (unpaired) electrons. The van der Waals surface area contributed by atoms with Gasteiger partial charge in [-0.15, -0.1) is 11.3 Å². The van der Waals surface area contributed by atoms with Crippen molar-refractivity contribution in [2.75, 3.05) is 18.0 Å². The van der Waals surface area contributed by atoms with Gasteiger partial charge < -0.3 is 15.5 Å². The molecule has 5 nitrogen and oxygen atoms in total. The van der Waals surface area contributed by atoms with Crippen LogP contribution in [0.15, 0.2) is 35.8 Å². The maximum Gasteiger partial charge on any atom is 0.315 e. The van der Waals surface area contributed by atoms with Crippen LogP contribution in [0.2, 0.25) is 0 Å².